The summed E-state index contributed by atoms with van der Waals surface area (Å²) >= 11 is 0. The van der Waals surface area contributed by atoms with E-state index in [-0.39, 0.29) is 13.2 Å². The van der Waals surface area contributed by atoms with Gasteiger partial charge in [0.1, 0.15) is 5.75 Å². The normalized spacial score (nSPS) is 21.4. The van der Waals surface area contributed by atoms with Crippen molar-refractivity contribution in [3.63, 3.8) is 0 Å². The van der Waals surface area contributed by atoms with Crippen molar-refractivity contribution in [1.29, 1.82) is 0 Å². The molecule has 1 N–H and O–H groups in total. The quantitative estimate of drug-likeness (QED) is 0.431. The number of nitrogens with one attached hydrogen (secondary N) is 1. The molecule has 0 atom stereocenters. The van der Waals surface area contributed by atoms with E-state index in [0.717, 1.165) is 0 Å². The van der Waals surface area contributed by atoms with E-state index in [0.29, 0.717) is 18.0 Å². The molecule has 0 aromatic heterocycles. The number of halogens is 5. The first-order valence-corrected chi connectivity index (χ1v) is 8.96. The second kappa shape index (κ2) is 8.57. The third kappa shape index (κ3) is 4.10. The van der Waals surface area contributed by atoms with Crippen LogP contribution in [0.3, 0.4) is 0 Å². The first-order valence-electron chi connectivity index (χ1n) is 8.96. The van der Waals surface area contributed by atoms with Crippen LogP contribution >= 0.6 is 0 Å². The van der Waals surface area contributed by atoms with Crippen LogP contribution in [0.15, 0.2) is 24.3 Å². The van der Waals surface area contributed by atoms with E-state index in [1.165, 1.54) is 6.92 Å². The Morgan fingerprint density at radius 2 is 1.50 bits per heavy atom. The van der Waals surface area contributed by atoms with Gasteiger partial charge in [-0.3, -0.25) is 4.79 Å². The van der Waals surface area contributed by atoms with Crippen LogP contribution in [0.5, 0.6) is 5.75 Å². The van der Waals surface area contributed by atoms with Crippen LogP contribution in [-0.2, 0) is 14.3 Å². The van der Waals surface area contributed by atoms with Gasteiger partial charge in [0.25, 0.3) is 0 Å². The minimum Gasteiger partial charge on any atom is -0.494 e. The van der Waals surface area contributed by atoms with Crippen LogP contribution in [0.4, 0.5) is 27.6 Å². The second-order valence-electron chi connectivity index (χ2n) is 6.91. The number of benzene rings is 2. The predicted molar refractivity (Wildman–Crippen MR) is 95.2 cm³/mol. The molecule has 5 nitrogen and oxygen atoms in total. The fraction of sp³-hybridized carbons (Fsp3) is 0.350. The highest BCUT2D eigenvalue weighted by molar-refractivity contribution is 5.95. The standard InChI is InChI=1S/C20H18F5NO4/c1-3-28-11-6-4-10(5-7-11)26-19(27)20(2)8-29-18(30-9-20)12-13(21)15(23)17(25)16(24)14(12)22/h4-7,18H,3,8-9H2,1-2H3,(H,26,27). The first kappa shape index (κ1) is 22.0. The lowest BCUT2D eigenvalue weighted by Crippen LogP contribution is -2.45. The minimum absolute atomic E-state index is 0.375. The molecule has 10 heteroatoms. The molecule has 0 bridgehead atoms. The largest absolute Gasteiger partial charge is 0.494 e. The maximum atomic E-state index is 13.9. The molecule has 1 aliphatic rings. The third-order valence-electron chi connectivity index (χ3n) is 4.56. The average molecular weight is 431 g/mol. The van der Waals surface area contributed by atoms with Crippen molar-refractivity contribution in [3.05, 3.63) is 58.9 Å². The number of rotatable bonds is 5. The number of carbonyl (C=O) groups is 1. The molecular formula is C20H18F5NO4. The van der Waals surface area contributed by atoms with Crippen molar-refractivity contribution < 1.29 is 41.0 Å². The Morgan fingerprint density at radius 1 is 1.00 bits per heavy atom. The lowest BCUT2D eigenvalue weighted by molar-refractivity contribution is -0.228. The Balaban J connectivity index is 1.70. The van der Waals surface area contributed by atoms with Crippen LogP contribution in [0.25, 0.3) is 0 Å². The Kier molecular flexibility index (Phi) is 6.27. The van der Waals surface area contributed by atoms with E-state index < -0.39 is 52.3 Å². The van der Waals surface area contributed by atoms with Crippen molar-refractivity contribution in [2.75, 3.05) is 25.1 Å². The van der Waals surface area contributed by atoms with Gasteiger partial charge < -0.3 is 19.5 Å². The minimum atomic E-state index is -2.27. The van der Waals surface area contributed by atoms with E-state index in [1.807, 2.05) is 6.92 Å². The van der Waals surface area contributed by atoms with E-state index in [4.69, 9.17) is 14.2 Å². The monoisotopic (exact) mass is 431 g/mol. The summed E-state index contributed by atoms with van der Waals surface area (Å²) in [5.74, 6) is -10.4. The number of ether oxygens (including phenoxy) is 3. The highest BCUT2D eigenvalue weighted by atomic mass is 19.2. The van der Waals surface area contributed by atoms with Gasteiger partial charge in [-0.2, -0.15) is 0 Å². The zero-order chi connectivity index (χ0) is 22.1. The number of hydrogen-bond acceptors (Lipinski definition) is 4. The molecule has 0 saturated carbocycles. The van der Waals surface area contributed by atoms with Gasteiger partial charge in [0.15, 0.2) is 29.6 Å². The molecule has 3 rings (SSSR count). The highest BCUT2D eigenvalue weighted by Crippen LogP contribution is 2.36. The maximum Gasteiger partial charge on any atom is 0.234 e. The Morgan fingerprint density at radius 3 is 2.00 bits per heavy atom. The molecule has 1 amide bonds. The molecule has 0 radical (unpaired) electrons. The van der Waals surface area contributed by atoms with Crippen LogP contribution in [0, 0.1) is 34.5 Å². The van der Waals surface area contributed by atoms with Gasteiger partial charge in [-0.05, 0) is 38.1 Å². The summed E-state index contributed by atoms with van der Waals surface area (Å²) in [6.07, 6.45) is -1.85. The van der Waals surface area contributed by atoms with Crippen LogP contribution in [-0.4, -0.2) is 25.7 Å². The van der Waals surface area contributed by atoms with Crippen molar-refractivity contribution in [1.82, 2.24) is 0 Å². The molecule has 0 unspecified atom stereocenters. The van der Waals surface area contributed by atoms with Gasteiger partial charge in [-0.15, -0.1) is 0 Å². The number of anilines is 1. The van der Waals surface area contributed by atoms with Gasteiger partial charge in [0.05, 0.1) is 30.8 Å². The summed E-state index contributed by atoms with van der Waals surface area (Å²) in [4.78, 5) is 12.6. The SMILES string of the molecule is CCOc1ccc(NC(=O)C2(C)COC(c3c(F)c(F)c(F)c(F)c3F)OC2)cc1. The van der Waals surface area contributed by atoms with Crippen LogP contribution in [0.2, 0.25) is 0 Å². The Bertz CT molecular complexity index is 914. The highest BCUT2D eigenvalue weighted by Gasteiger charge is 2.42. The van der Waals surface area contributed by atoms with Gasteiger partial charge in [-0.25, -0.2) is 22.0 Å². The maximum absolute atomic E-state index is 13.9. The molecule has 0 aliphatic carbocycles. The molecule has 30 heavy (non-hydrogen) atoms. The van der Waals surface area contributed by atoms with Gasteiger partial charge in [-0.1, -0.05) is 0 Å². The summed E-state index contributed by atoms with van der Waals surface area (Å²) in [5, 5.41) is 2.65. The zero-order valence-corrected chi connectivity index (χ0v) is 16.0. The Hall–Kier alpha value is -2.72. The van der Waals surface area contributed by atoms with Crippen molar-refractivity contribution >= 4 is 11.6 Å². The summed E-state index contributed by atoms with van der Waals surface area (Å²) in [7, 11) is 0. The zero-order valence-electron chi connectivity index (χ0n) is 16.0. The predicted octanol–water partition coefficient (Wildman–Crippen LogP) is 4.47. The van der Waals surface area contributed by atoms with E-state index >= 15 is 0 Å². The van der Waals surface area contributed by atoms with Gasteiger partial charge in [0.2, 0.25) is 11.7 Å². The molecule has 2 aromatic carbocycles. The topological polar surface area (TPSA) is 56.8 Å². The number of amides is 1. The van der Waals surface area contributed by atoms with E-state index in [2.05, 4.69) is 5.32 Å². The van der Waals surface area contributed by atoms with Gasteiger partial charge in [0, 0.05) is 5.69 Å². The summed E-state index contributed by atoms with van der Waals surface area (Å²) < 4.78 is 83.5. The lowest BCUT2D eigenvalue weighted by Gasteiger charge is -2.36. The van der Waals surface area contributed by atoms with Gasteiger partial charge >= 0.3 is 0 Å². The third-order valence-corrected chi connectivity index (χ3v) is 4.56. The Labute approximate surface area is 168 Å². The first-order chi connectivity index (χ1) is 14.2. The molecular weight excluding hydrogens is 413 g/mol. The fourth-order valence-corrected chi connectivity index (χ4v) is 2.82. The number of hydrogen-bond donors (Lipinski definition) is 1. The van der Waals surface area contributed by atoms with E-state index in [1.54, 1.807) is 24.3 Å². The fourth-order valence-electron chi connectivity index (χ4n) is 2.82. The molecule has 1 heterocycles. The molecule has 1 fully saturated rings. The summed E-state index contributed by atoms with van der Waals surface area (Å²) in [6.45, 7) is 3.05. The van der Waals surface area contributed by atoms with Crippen LogP contribution < -0.4 is 10.1 Å². The molecule has 162 valence electrons. The average Bonchev–Trinajstić information content (AvgIpc) is 2.74. The van der Waals surface area contributed by atoms with E-state index in [9.17, 15) is 26.7 Å². The van der Waals surface area contributed by atoms with Crippen LogP contribution in [0.1, 0.15) is 25.7 Å². The molecule has 1 saturated heterocycles. The summed E-state index contributed by atoms with van der Waals surface area (Å²) in [6, 6.07) is 6.56. The lowest BCUT2D eigenvalue weighted by atomic mass is 9.90. The van der Waals surface area contributed by atoms with Crippen molar-refractivity contribution in [2.24, 2.45) is 5.41 Å². The van der Waals surface area contributed by atoms with Crippen molar-refractivity contribution in [3.8, 4) is 5.75 Å². The molecule has 1 aliphatic heterocycles. The number of carbonyl (C=O) groups excluding carboxylic acids is 1. The molecule has 0 spiro atoms. The summed E-state index contributed by atoms with van der Waals surface area (Å²) in [5.41, 5.74) is -2.04. The van der Waals surface area contributed by atoms with Crippen molar-refractivity contribution in [2.45, 2.75) is 20.1 Å². The smallest absolute Gasteiger partial charge is 0.234 e. The molecule has 2 aromatic rings. The second-order valence-corrected chi connectivity index (χ2v) is 6.91.